The summed E-state index contributed by atoms with van der Waals surface area (Å²) in [5.74, 6) is -0.943. The van der Waals surface area contributed by atoms with Crippen molar-refractivity contribution >= 4 is 12.0 Å². The van der Waals surface area contributed by atoms with Gasteiger partial charge in [0.25, 0.3) is 0 Å². The normalized spacial score (nSPS) is 11.9. The molecule has 0 atom stereocenters. The van der Waals surface area contributed by atoms with Gasteiger partial charge in [0.2, 0.25) is 0 Å². The first-order valence-electron chi connectivity index (χ1n) is 5.51. The Morgan fingerprint density at radius 2 is 2.12 bits per heavy atom. The molecule has 0 bridgehead atoms. The van der Waals surface area contributed by atoms with Crippen LogP contribution >= 0.6 is 0 Å². The summed E-state index contributed by atoms with van der Waals surface area (Å²) in [7, 11) is 0. The molecule has 0 heterocycles. The first-order valence-corrected chi connectivity index (χ1v) is 5.51. The van der Waals surface area contributed by atoms with Crippen LogP contribution in [0.1, 0.15) is 31.9 Å². The van der Waals surface area contributed by atoms with Crippen LogP contribution < -0.4 is 0 Å². The van der Waals surface area contributed by atoms with E-state index in [0.29, 0.717) is 6.61 Å². The maximum Gasteiger partial charge on any atom is 0.328 e. The summed E-state index contributed by atoms with van der Waals surface area (Å²) in [4.78, 5) is 10.4. The van der Waals surface area contributed by atoms with Gasteiger partial charge in [0, 0.05) is 6.08 Å². The van der Waals surface area contributed by atoms with Crippen molar-refractivity contribution in [1.29, 1.82) is 0 Å². The molecule has 0 saturated heterocycles. The number of hydrogen-bond acceptors (Lipinski definition) is 2. The molecule has 0 saturated carbocycles. The first-order chi connectivity index (χ1) is 7.87. The molecule has 17 heavy (non-hydrogen) atoms. The largest absolute Gasteiger partial charge is 0.478 e. The zero-order valence-electron chi connectivity index (χ0n) is 10.4. The molecule has 1 aromatic carbocycles. The van der Waals surface area contributed by atoms with E-state index in [4.69, 9.17) is 9.84 Å². The Labute approximate surface area is 102 Å². The highest BCUT2D eigenvalue weighted by Crippen LogP contribution is 2.13. The maximum absolute atomic E-state index is 10.4. The smallest absolute Gasteiger partial charge is 0.328 e. The predicted octanol–water partition coefficient (Wildman–Crippen LogP) is 3.10. The Morgan fingerprint density at radius 3 is 2.71 bits per heavy atom. The Hall–Kier alpha value is -1.61. The molecule has 92 valence electrons. The lowest BCUT2D eigenvalue weighted by Crippen LogP contribution is -2.18. The average molecular weight is 234 g/mol. The van der Waals surface area contributed by atoms with Crippen LogP contribution in [0, 0.1) is 0 Å². The lowest BCUT2D eigenvalue weighted by molar-refractivity contribution is -0.131. The van der Waals surface area contributed by atoms with Gasteiger partial charge in [0.1, 0.15) is 0 Å². The zero-order valence-corrected chi connectivity index (χ0v) is 10.4. The molecule has 1 aromatic rings. The van der Waals surface area contributed by atoms with E-state index in [0.717, 1.165) is 17.2 Å². The van der Waals surface area contributed by atoms with E-state index in [1.807, 2.05) is 45.0 Å². The van der Waals surface area contributed by atoms with Gasteiger partial charge in [-0.25, -0.2) is 4.79 Å². The van der Waals surface area contributed by atoms with Gasteiger partial charge >= 0.3 is 5.97 Å². The molecular weight excluding hydrogens is 216 g/mol. The summed E-state index contributed by atoms with van der Waals surface area (Å²) in [5.41, 5.74) is 1.72. The van der Waals surface area contributed by atoms with Crippen molar-refractivity contribution in [2.24, 2.45) is 0 Å². The molecule has 0 aliphatic heterocycles. The Morgan fingerprint density at radius 1 is 1.41 bits per heavy atom. The van der Waals surface area contributed by atoms with Crippen molar-refractivity contribution in [3.05, 3.63) is 41.5 Å². The average Bonchev–Trinajstić information content (AvgIpc) is 2.23. The van der Waals surface area contributed by atoms with Crippen LogP contribution in [0.15, 0.2) is 30.3 Å². The summed E-state index contributed by atoms with van der Waals surface area (Å²) in [6.07, 6.45) is 2.70. The molecule has 0 spiro atoms. The number of carboxylic acids is 1. The Balaban J connectivity index is 2.69. The molecule has 0 aliphatic carbocycles. The number of rotatable bonds is 4. The van der Waals surface area contributed by atoms with Crippen LogP contribution in [-0.4, -0.2) is 16.7 Å². The van der Waals surface area contributed by atoms with Crippen molar-refractivity contribution in [2.75, 3.05) is 0 Å². The van der Waals surface area contributed by atoms with Crippen molar-refractivity contribution in [1.82, 2.24) is 0 Å². The van der Waals surface area contributed by atoms with Crippen LogP contribution in [0.3, 0.4) is 0 Å². The second-order valence-corrected chi connectivity index (χ2v) is 4.82. The van der Waals surface area contributed by atoms with Crippen LogP contribution in [0.4, 0.5) is 0 Å². The third-order valence-electron chi connectivity index (χ3n) is 2.04. The van der Waals surface area contributed by atoms with Gasteiger partial charge in [-0.1, -0.05) is 18.2 Å². The van der Waals surface area contributed by atoms with Crippen LogP contribution in [0.5, 0.6) is 0 Å². The number of carbonyl (C=O) groups is 1. The van der Waals surface area contributed by atoms with Gasteiger partial charge in [-0.2, -0.15) is 0 Å². The van der Waals surface area contributed by atoms with Crippen molar-refractivity contribution in [2.45, 2.75) is 33.0 Å². The minimum absolute atomic E-state index is 0.174. The van der Waals surface area contributed by atoms with Gasteiger partial charge in [0.15, 0.2) is 0 Å². The van der Waals surface area contributed by atoms with Gasteiger partial charge in [0.05, 0.1) is 12.2 Å². The summed E-state index contributed by atoms with van der Waals surface area (Å²) in [6.45, 7) is 6.53. The minimum Gasteiger partial charge on any atom is -0.478 e. The van der Waals surface area contributed by atoms with E-state index in [1.54, 1.807) is 6.08 Å². The second kappa shape index (κ2) is 5.64. The quantitative estimate of drug-likeness (QED) is 0.814. The van der Waals surface area contributed by atoms with Crippen molar-refractivity contribution in [3.8, 4) is 0 Å². The molecule has 3 heteroatoms. The molecule has 0 fully saturated rings. The van der Waals surface area contributed by atoms with E-state index in [1.165, 1.54) is 0 Å². The minimum atomic E-state index is -0.943. The standard InChI is InChI=1S/C14H18O3/c1-14(2,3)17-10-12-6-4-5-11(9-12)7-8-13(15)16/h4-9H,10H2,1-3H3,(H,15,16)/b8-7+. The lowest BCUT2D eigenvalue weighted by Gasteiger charge is -2.19. The van der Waals surface area contributed by atoms with Crippen molar-refractivity contribution < 1.29 is 14.6 Å². The molecular formula is C14H18O3. The van der Waals surface area contributed by atoms with E-state index in [9.17, 15) is 4.79 Å². The van der Waals surface area contributed by atoms with Crippen LogP contribution in [0.25, 0.3) is 6.08 Å². The summed E-state index contributed by atoms with van der Waals surface area (Å²) < 4.78 is 5.66. The zero-order chi connectivity index (χ0) is 12.9. The third kappa shape index (κ3) is 5.88. The van der Waals surface area contributed by atoms with Crippen molar-refractivity contribution in [3.63, 3.8) is 0 Å². The highest BCUT2D eigenvalue weighted by atomic mass is 16.5. The lowest BCUT2D eigenvalue weighted by atomic mass is 10.1. The molecule has 0 aliphatic rings. The summed E-state index contributed by atoms with van der Waals surface area (Å²) in [5, 5.41) is 8.54. The van der Waals surface area contributed by atoms with E-state index in [-0.39, 0.29) is 5.60 Å². The van der Waals surface area contributed by atoms with E-state index in [2.05, 4.69) is 0 Å². The maximum atomic E-state index is 10.4. The van der Waals surface area contributed by atoms with Crippen LogP contribution in [-0.2, 0) is 16.1 Å². The highest BCUT2D eigenvalue weighted by Gasteiger charge is 2.09. The topological polar surface area (TPSA) is 46.5 Å². The van der Waals surface area contributed by atoms with E-state index >= 15 is 0 Å². The molecule has 1 rings (SSSR count). The monoisotopic (exact) mass is 234 g/mol. The predicted molar refractivity (Wildman–Crippen MR) is 67.7 cm³/mol. The fourth-order valence-electron chi connectivity index (χ4n) is 1.25. The fourth-order valence-corrected chi connectivity index (χ4v) is 1.25. The van der Waals surface area contributed by atoms with Gasteiger partial charge in [-0.05, 0) is 44.0 Å². The molecule has 3 nitrogen and oxygen atoms in total. The second-order valence-electron chi connectivity index (χ2n) is 4.82. The number of hydrogen-bond donors (Lipinski definition) is 1. The summed E-state index contributed by atoms with van der Waals surface area (Å²) >= 11 is 0. The molecule has 0 amide bonds. The first kappa shape index (κ1) is 13.5. The Bertz CT molecular complexity index is 414. The molecule has 0 unspecified atom stereocenters. The third-order valence-corrected chi connectivity index (χ3v) is 2.04. The number of benzene rings is 1. The fraction of sp³-hybridized carbons (Fsp3) is 0.357. The molecule has 0 radical (unpaired) electrons. The number of ether oxygens (including phenoxy) is 1. The Kier molecular flexibility index (Phi) is 4.46. The van der Waals surface area contributed by atoms with Crippen LogP contribution in [0.2, 0.25) is 0 Å². The van der Waals surface area contributed by atoms with Gasteiger partial charge in [-0.15, -0.1) is 0 Å². The number of aliphatic carboxylic acids is 1. The van der Waals surface area contributed by atoms with E-state index < -0.39 is 5.97 Å². The highest BCUT2D eigenvalue weighted by molar-refractivity contribution is 5.85. The molecule has 1 N–H and O–H groups in total. The molecule has 0 aromatic heterocycles. The summed E-state index contributed by atoms with van der Waals surface area (Å²) in [6, 6.07) is 7.64. The van der Waals surface area contributed by atoms with Gasteiger partial charge in [-0.3, -0.25) is 0 Å². The SMILES string of the molecule is CC(C)(C)OCc1cccc(/C=C/C(=O)O)c1. The van der Waals surface area contributed by atoms with Gasteiger partial charge < -0.3 is 9.84 Å². The number of carboxylic acid groups (broad SMARTS) is 1.